The molecule has 1 saturated carbocycles. The minimum absolute atomic E-state index is 0.0180. The first-order valence-corrected chi connectivity index (χ1v) is 12.0. The average Bonchev–Trinajstić information content (AvgIpc) is 3.15. The molecule has 0 bridgehead atoms. The first-order valence-electron chi connectivity index (χ1n) is 11.0. The van der Waals surface area contributed by atoms with Crippen molar-refractivity contribution in [3.8, 4) is 5.75 Å². The quantitative estimate of drug-likeness (QED) is 0.308. The SMILES string of the molecule is COC(=O)C1CCC2C(=O)NC(CSc3nnc(COc4ccc(C)cc4C)n3N)NC2C1. The number of nitrogen functional groups attached to an aromatic ring is 1. The number of aryl methyl sites for hydroxylation is 2. The number of carbonyl (C=O) groups is 2. The first-order chi connectivity index (χ1) is 15.9. The van der Waals surface area contributed by atoms with E-state index in [1.807, 2.05) is 26.0 Å². The van der Waals surface area contributed by atoms with Gasteiger partial charge in [-0.2, -0.15) is 0 Å². The predicted octanol–water partition coefficient (Wildman–Crippen LogP) is 1.28. The minimum atomic E-state index is -0.258. The summed E-state index contributed by atoms with van der Waals surface area (Å²) in [5.41, 5.74) is 2.21. The number of ether oxygens (including phenoxy) is 2. The fourth-order valence-electron chi connectivity index (χ4n) is 4.48. The molecule has 1 aromatic carbocycles. The number of aromatic nitrogens is 3. The van der Waals surface area contributed by atoms with Crippen LogP contribution in [-0.2, 0) is 20.9 Å². The van der Waals surface area contributed by atoms with Gasteiger partial charge in [-0.25, -0.2) is 4.68 Å². The van der Waals surface area contributed by atoms with Gasteiger partial charge in [-0.1, -0.05) is 29.5 Å². The van der Waals surface area contributed by atoms with E-state index in [2.05, 4.69) is 26.9 Å². The van der Waals surface area contributed by atoms with Gasteiger partial charge in [0, 0.05) is 11.8 Å². The van der Waals surface area contributed by atoms with Crippen LogP contribution in [0.1, 0.15) is 36.2 Å². The fraction of sp³-hybridized carbons (Fsp3) is 0.545. The summed E-state index contributed by atoms with van der Waals surface area (Å²) in [6.07, 6.45) is 1.68. The van der Waals surface area contributed by atoms with Crippen molar-refractivity contribution in [2.75, 3.05) is 18.7 Å². The number of rotatable bonds is 7. The van der Waals surface area contributed by atoms with Gasteiger partial charge in [0.05, 0.1) is 25.1 Å². The molecule has 2 aromatic rings. The highest BCUT2D eigenvalue weighted by Gasteiger charge is 2.42. The average molecular weight is 475 g/mol. The van der Waals surface area contributed by atoms with E-state index in [0.29, 0.717) is 36.0 Å². The van der Waals surface area contributed by atoms with Crippen LogP contribution in [0.2, 0.25) is 0 Å². The van der Waals surface area contributed by atoms with Gasteiger partial charge < -0.3 is 20.6 Å². The van der Waals surface area contributed by atoms with E-state index >= 15 is 0 Å². The third-order valence-corrected chi connectivity index (χ3v) is 7.29. The summed E-state index contributed by atoms with van der Waals surface area (Å²) < 4.78 is 12.2. The molecule has 2 aliphatic rings. The summed E-state index contributed by atoms with van der Waals surface area (Å²) in [4.78, 5) is 24.5. The number of carbonyl (C=O) groups excluding carboxylic acids is 2. The highest BCUT2D eigenvalue weighted by atomic mass is 32.2. The number of hydrogen-bond acceptors (Lipinski definition) is 9. The molecule has 1 saturated heterocycles. The number of nitrogens with zero attached hydrogens (tertiary/aromatic N) is 3. The zero-order valence-electron chi connectivity index (χ0n) is 19.0. The number of thioether (sulfide) groups is 1. The van der Waals surface area contributed by atoms with Crippen LogP contribution in [0.5, 0.6) is 5.75 Å². The van der Waals surface area contributed by atoms with Gasteiger partial charge in [-0.05, 0) is 44.7 Å². The van der Waals surface area contributed by atoms with Gasteiger partial charge in [0.1, 0.15) is 12.4 Å². The zero-order chi connectivity index (χ0) is 23.5. The van der Waals surface area contributed by atoms with Crippen LogP contribution in [0, 0.1) is 25.7 Å². The fourth-order valence-corrected chi connectivity index (χ4v) is 5.32. The maximum absolute atomic E-state index is 12.6. The van der Waals surface area contributed by atoms with Crippen LogP contribution in [0.4, 0.5) is 0 Å². The number of nitrogens with one attached hydrogen (secondary N) is 2. The Morgan fingerprint density at radius 2 is 2.12 bits per heavy atom. The monoisotopic (exact) mass is 474 g/mol. The first kappa shape index (κ1) is 23.4. The van der Waals surface area contributed by atoms with Crippen molar-refractivity contribution in [3.05, 3.63) is 35.2 Å². The highest BCUT2D eigenvalue weighted by Crippen LogP contribution is 2.32. The molecule has 2 fully saturated rings. The van der Waals surface area contributed by atoms with Crippen LogP contribution < -0.4 is 21.2 Å². The second-order valence-electron chi connectivity index (χ2n) is 8.61. The molecule has 4 unspecified atom stereocenters. The third-order valence-electron chi connectivity index (χ3n) is 6.25. The number of amides is 1. The van der Waals surface area contributed by atoms with Crippen LogP contribution in [0.15, 0.2) is 23.4 Å². The Balaban J connectivity index is 1.32. The van der Waals surface area contributed by atoms with Crippen LogP contribution in [0.3, 0.4) is 0 Å². The Kier molecular flexibility index (Phi) is 7.08. The molecule has 11 heteroatoms. The van der Waals surface area contributed by atoms with E-state index < -0.39 is 0 Å². The van der Waals surface area contributed by atoms with Crippen molar-refractivity contribution < 1.29 is 19.1 Å². The molecular weight excluding hydrogens is 444 g/mol. The lowest BCUT2D eigenvalue weighted by atomic mass is 9.76. The normalized spacial score (nSPS) is 24.6. The van der Waals surface area contributed by atoms with Gasteiger partial charge in [-0.3, -0.25) is 14.9 Å². The Morgan fingerprint density at radius 3 is 2.88 bits per heavy atom. The standard InChI is InChI=1S/C22H30N6O4S/c1-12-4-7-17(13(2)8-12)32-10-19-26-27-22(28(19)23)33-11-18-24-16-9-14(21(30)31-3)5-6-15(16)20(29)25-18/h4,7-8,14-16,18,24H,5-6,9-11,23H2,1-3H3,(H,25,29). The van der Waals surface area contributed by atoms with Crippen molar-refractivity contribution >= 4 is 23.6 Å². The Morgan fingerprint density at radius 1 is 1.30 bits per heavy atom. The maximum Gasteiger partial charge on any atom is 0.308 e. The zero-order valence-corrected chi connectivity index (χ0v) is 19.9. The van der Waals surface area contributed by atoms with Crippen LogP contribution >= 0.6 is 11.8 Å². The van der Waals surface area contributed by atoms with E-state index in [4.69, 9.17) is 15.3 Å². The Bertz CT molecular complexity index is 1030. The van der Waals surface area contributed by atoms with Crippen LogP contribution in [-0.4, -0.2) is 51.8 Å². The molecule has 33 heavy (non-hydrogen) atoms. The summed E-state index contributed by atoms with van der Waals surface area (Å²) in [7, 11) is 1.40. The summed E-state index contributed by atoms with van der Waals surface area (Å²) in [6.45, 7) is 4.23. The molecule has 0 spiro atoms. The second kappa shape index (κ2) is 10.0. The summed E-state index contributed by atoms with van der Waals surface area (Å²) in [6, 6.07) is 5.92. The van der Waals surface area contributed by atoms with E-state index in [1.54, 1.807) is 0 Å². The lowest BCUT2D eigenvalue weighted by Gasteiger charge is -2.41. The van der Waals surface area contributed by atoms with Gasteiger partial charge in [0.2, 0.25) is 11.1 Å². The molecule has 4 N–H and O–H groups in total. The lowest BCUT2D eigenvalue weighted by Crippen LogP contribution is -2.63. The number of methoxy groups -OCH3 is 1. The highest BCUT2D eigenvalue weighted by molar-refractivity contribution is 7.99. The number of hydrogen-bond donors (Lipinski definition) is 3. The topological polar surface area (TPSA) is 133 Å². The van der Waals surface area contributed by atoms with Crippen molar-refractivity contribution in [3.63, 3.8) is 0 Å². The summed E-state index contributed by atoms with van der Waals surface area (Å²) in [5, 5.41) is 15.3. The Hall–Kier alpha value is -2.79. The summed E-state index contributed by atoms with van der Waals surface area (Å²) >= 11 is 1.39. The molecule has 0 radical (unpaired) electrons. The molecule has 1 aliphatic carbocycles. The molecule has 1 aliphatic heterocycles. The smallest absolute Gasteiger partial charge is 0.308 e. The van der Waals surface area contributed by atoms with E-state index in [9.17, 15) is 9.59 Å². The molecule has 4 rings (SSSR count). The number of esters is 1. The minimum Gasteiger partial charge on any atom is -0.485 e. The van der Waals surface area contributed by atoms with Crippen molar-refractivity contribution in [1.82, 2.24) is 25.5 Å². The molecule has 10 nitrogen and oxygen atoms in total. The molecule has 1 amide bonds. The molecule has 2 heterocycles. The van der Waals surface area contributed by atoms with Gasteiger partial charge in [0.15, 0.2) is 5.82 Å². The Labute approximate surface area is 196 Å². The van der Waals surface area contributed by atoms with E-state index in [1.165, 1.54) is 29.1 Å². The van der Waals surface area contributed by atoms with Crippen LogP contribution in [0.25, 0.3) is 0 Å². The summed E-state index contributed by atoms with van der Waals surface area (Å²) in [5.74, 6) is 7.49. The maximum atomic E-state index is 12.6. The molecule has 1 aromatic heterocycles. The molecule has 4 atom stereocenters. The third kappa shape index (κ3) is 5.25. The molecular formula is C22H30N6O4S. The lowest BCUT2D eigenvalue weighted by molar-refractivity contribution is -0.149. The second-order valence-corrected chi connectivity index (χ2v) is 9.60. The van der Waals surface area contributed by atoms with Gasteiger partial charge >= 0.3 is 5.97 Å². The van der Waals surface area contributed by atoms with E-state index in [0.717, 1.165) is 11.3 Å². The number of nitrogens with two attached hydrogens (primary N) is 1. The van der Waals surface area contributed by atoms with Crippen molar-refractivity contribution in [2.45, 2.75) is 57.1 Å². The van der Waals surface area contributed by atoms with Gasteiger partial charge in [-0.15, -0.1) is 10.2 Å². The number of benzene rings is 1. The largest absolute Gasteiger partial charge is 0.485 e. The van der Waals surface area contributed by atoms with Crippen molar-refractivity contribution in [1.29, 1.82) is 0 Å². The van der Waals surface area contributed by atoms with E-state index in [-0.39, 0.29) is 42.5 Å². The molecule has 178 valence electrons. The number of fused-ring (bicyclic) bond motifs is 1. The van der Waals surface area contributed by atoms with Gasteiger partial charge in [0.25, 0.3) is 0 Å². The predicted molar refractivity (Wildman–Crippen MR) is 123 cm³/mol. The van der Waals surface area contributed by atoms with Crippen molar-refractivity contribution in [2.24, 2.45) is 11.8 Å².